The Morgan fingerprint density at radius 2 is 1.80 bits per heavy atom. The molecular formula is C23H25FN2O4. The molecule has 0 saturated carbocycles. The molecule has 0 fully saturated rings. The number of imide groups is 1. The number of rotatable bonds is 9. The first kappa shape index (κ1) is 21.5. The summed E-state index contributed by atoms with van der Waals surface area (Å²) in [7, 11) is 1.50. The zero-order chi connectivity index (χ0) is 21.7. The van der Waals surface area contributed by atoms with Crippen LogP contribution in [0.2, 0.25) is 0 Å². The van der Waals surface area contributed by atoms with Crippen LogP contribution in [0, 0.1) is 11.7 Å². The molecule has 0 saturated heterocycles. The average Bonchev–Trinajstić information content (AvgIpc) is 2.95. The Bertz CT molecular complexity index is 954. The van der Waals surface area contributed by atoms with Gasteiger partial charge in [0, 0.05) is 12.8 Å². The minimum absolute atomic E-state index is 0.109. The lowest BCUT2D eigenvalue weighted by atomic mass is 10.0. The van der Waals surface area contributed by atoms with Crippen molar-refractivity contribution in [2.75, 3.05) is 32.2 Å². The van der Waals surface area contributed by atoms with Crippen molar-refractivity contribution in [2.45, 2.75) is 13.8 Å². The van der Waals surface area contributed by atoms with Crippen molar-refractivity contribution in [3.63, 3.8) is 0 Å². The van der Waals surface area contributed by atoms with Crippen molar-refractivity contribution in [3.05, 3.63) is 65.6 Å². The Kier molecular flexibility index (Phi) is 6.84. The molecule has 1 heterocycles. The summed E-state index contributed by atoms with van der Waals surface area (Å²) in [6.07, 6.45) is 0. The van der Waals surface area contributed by atoms with Crippen LogP contribution in [0.4, 0.5) is 10.1 Å². The lowest BCUT2D eigenvalue weighted by Gasteiger charge is -2.14. The van der Waals surface area contributed by atoms with Crippen LogP contribution < -0.4 is 10.1 Å². The van der Waals surface area contributed by atoms with Gasteiger partial charge in [0.1, 0.15) is 17.3 Å². The van der Waals surface area contributed by atoms with Gasteiger partial charge in [-0.25, -0.2) is 4.39 Å². The van der Waals surface area contributed by atoms with Crippen LogP contribution in [0.15, 0.2) is 54.2 Å². The fourth-order valence-corrected chi connectivity index (χ4v) is 3.04. The number of hydrogen-bond acceptors (Lipinski definition) is 5. The number of nitrogens with zero attached hydrogens (tertiary/aromatic N) is 1. The van der Waals surface area contributed by atoms with E-state index in [2.05, 4.69) is 19.2 Å². The Balaban J connectivity index is 1.95. The van der Waals surface area contributed by atoms with Gasteiger partial charge in [-0.15, -0.1) is 0 Å². The van der Waals surface area contributed by atoms with Crippen molar-refractivity contribution in [3.8, 4) is 5.75 Å². The Morgan fingerprint density at radius 3 is 2.43 bits per heavy atom. The summed E-state index contributed by atoms with van der Waals surface area (Å²) in [5, 5.41) is 2.93. The van der Waals surface area contributed by atoms with Crippen LogP contribution in [-0.4, -0.2) is 43.6 Å². The molecule has 2 aromatic carbocycles. The molecule has 2 aromatic rings. The summed E-state index contributed by atoms with van der Waals surface area (Å²) in [6.45, 7) is 5.04. The van der Waals surface area contributed by atoms with Crippen LogP contribution in [0.3, 0.4) is 0 Å². The zero-order valence-electron chi connectivity index (χ0n) is 17.3. The smallest absolute Gasteiger partial charge is 0.278 e. The minimum atomic E-state index is -0.476. The zero-order valence-corrected chi connectivity index (χ0v) is 17.3. The Hall–Kier alpha value is -3.19. The van der Waals surface area contributed by atoms with Gasteiger partial charge >= 0.3 is 0 Å². The molecule has 158 valence electrons. The first-order chi connectivity index (χ1) is 14.4. The van der Waals surface area contributed by atoms with E-state index in [1.54, 1.807) is 30.3 Å². The molecule has 0 aliphatic carbocycles. The molecule has 6 nitrogen and oxygen atoms in total. The van der Waals surface area contributed by atoms with Crippen LogP contribution >= 0.6 is 0 Å². The normalized spacial score (nSPS) is 14.1. The first-order valence-electron chi connectivity index (χ1n) is 9.76. The lowest BCUT2D eigenvalue weighted by molar-refractivity contribution is -0.137. The molecule has 30 heavy (non-hydrogen) atoms. The lowest BCUT2D eigenvalue weighted by Crippen LogP contribution is -2.35. The molecule has 1 aliphatic heterocycles. The van der Waals surface area contributed by atoms with Crippen LogP contribution in [0.25, 0.3) is 5.57 Å². The Labute approximate surface area is 175 Å². The molecule has 1 N–H and O–H groups in total. The van der Waals surface area contributed by atoms with E-state index in [9.17, 15) is 14.0 Å². The fourth-order valence-electron chi connectivity index (χ4n) is 3.04. The average molecular weight is 412 g/mol. The summed E-state index contributed by atoms with van der Waals surface area (Å²) in [6, 6.07) is 12.7. The minimum Gasteiger partial charge on any atom is -0.493 e. The highest BCUT2D eigenvalue weighted by Gasteiger charge is 2.39. The summed E-state index contributed by atoms with van der Waals surface area (Å²) in [5.74, 6) is -0.274. The highest BCUT2D eigenvalue weighted by atomic mass is 19.1. The molecule has 1 aliphatic rings. The molecule has 0 unspecified atom stereocenters. The number of nitrogens with one attached hydrogen (secondary N) is 1. The van der Waals surface area contributed by atoms with Crippen molar-refractivity contribution in [1.29, 1.82) is 0 Å². The van der Waals surface area contributed by atoms with E-state index in [0.717, 1.165) is 4.90 Å². The number of anilines is 1. The quantitative estimate of drug-likeness (QED) is 0.636. The van der Waals surface area contributed by atoms with Crippen LogP contribution in [-0.2, 0) is 14.3 Å². The molecule has 0 atom stereocenters. The number of carbonyl (C=O) groups is 2. The summed E-state index contributed by atoms with van der Waals surface area (Å²) in [4.78, 5) is 27.1. The summed E-state index contributed by atoms with van der Waals surface area (Å²) >= 11 is 0. The van der Waals surface area contributed by atoms with Crippen LogP contribution in [0.1, 0.15) is 19.4 Å². The summed E-state index contributed by atoms with van der Waals surface area (Å²) in [5.41, 5.74) is 1.30. The van der Waals surface area contributed by atoms with Gasteiger partial charge in [0.15, 0.2) is 0 Å². The number of methoxy groups -OCH3 is 1. The van der Waals surface area contributed by atoms with E-state index in [0.29, 0.717) is 29.5 Å². The number of amides is 2. The fraction of sp³-hybridized carbons (Fsp3) is 0.304. The van der Waals surface area contributed by atoms with Crippen LogP contribution in [0.5, 0.6) is 5.75 Å². The largest absolute Gasteiger partial charge is 0.493 e. The van der Waals surface area contributed by atoms with E-state index in [4.69, 9.17) is 9.47 Å². The van der Waals surface area contributed by atoms with Gasteiger partial charge in [0.05, 0.1) is 25.3 Å². The molecule has 7 heteroatoms. The highest BCUT2D eigenvalue weighted by Crippen LogP contribution is 2.31. The molecule has 2 amide bonds. The van der Waals surface area contributed by atoms with Gasteiger partial charge in [0.25, 0.3) is 11.8 Å². The number of halogens is 1. The summed E-state index contributed by atoms with van der Waals surface area (Å²) < 4.78 is 24.3. The Morgan fingerprint density at radius 1 is 1.07 bits per heavy atom. The first-order valence-corrected chi connectivity index (χ1v) is 9.76. The molecule has 0 bridgehead atoms. The predicted octanol–water partition coefficient (Wildman–Crippen LogP) is 3.70. The topological polar surface area (TPSA) is 67.9 Å². The van der Waals surface area contributed by atoms with Gasteiger partial charge in [-0.1, -0.05) is 32.0 Å². The third-order valence-corrected chi connectivity index (χ3v) is 4.51. The molecule has 0 aromatic heterocycles. The monoisotopic (exact) mass is 412 g/mol. The number of hydrogen-bond donors (Lipinski definition) is 1. The van der Waals surface area contributed by atoms with Gasteiger partial charge in [0.2, 0.25) is 0 Å². The van der Waals surface area contributed by atoms with E-state index in [-0.39, 0.29) is 24.4 Å². The second kappa shape index (κ2) is 9.54. The van der Waals surface area contributed by atoms with E-state index in [1.165, 1.54) is 25.3 Å². The molecule has 0 spiro atoms. The third kappa shape index (κ3) is 4.86. The third-order valence-electron chi connectivity index (χ3n) is 4.51. The number of carbonyl (C=O) groups excluding carboxylic acids is 2. The number of benzene rings is 2. The van der Waals surface area contributed by atoms with E-state index >= 15 is 0 Å². The van der Waals surface area contributed by atoms with Gasteiger partial charge < -0.3 is 14.8 Å². The molecular weight excluding hydrogens is 387 g/mol. The maximum absolute atomic E-state index is 13.6. The van der Waals surface area contributed by atoms with Crippen molar-refractivity contribution < 1.29 is 23.5 Å². The molecule has 3 rings (SSSR count). The van der Waals surface area contributed by atoms with Gasteiger partial charge in [-0.2, -0.15) is 0 Å². The van der Waals surface area contributed by atoms with Gasteiger partial charge in [-0.05, 0) is 41.8 Å². The predicted molar refractivity (Wildman–Crippen MR) is 112 cm³/mol. The second-order valence-corrected chi connectivity index (χ2v) is 7.37. The van der Waals surface area contributed by atoms with E-state index in [1.807, 2.05) is 0 Å². The maximum atomic E-state index is 13.6. The SMILES string of the molecule is COCCN1C(=O)C(Nc2cccc(F)c2)=C(c2ccc(OCC(C)C)cc2)C1=O. The van der Waals surface area contributed by atoms with Crippen molar-refractivity contribution in [1.82, 2.24) is 4.90 Å². The second-order valence-electron chi connectivity index (χ2n) is 7.37. The number of ether oxygens (including phenoxy) is 2. The van der Waals surface area contributed by atoms with Gasteiger partial charge in [-0.3, -0.25) is 14.5 Å². The van der Waals surface area contributed by atoms with E-state index < -0.39 is 17.6 Å². The van der Waals surface area contributed by atoms with Crippen molar-refractivity contribution in [2.24, 2.45) is 5.92 Å². The molecule has 0 radical (unpaired) electrons. The standard InChI is InChI=1S/C23H25FN2O4/c1-15(2)14-30-19-9-7-16(8-10-19)20-21(25-18-6-4-5-17(24)13-18)23(28)26(22(20)27)11-12-29-3/h4-10,13,15,25H,11-12,14H2,1-3H3. The highest BCUT2D eigenvalue weighted by molar-refractivity contribution is 6.36. The maximum Gasteiger partial charge on any atom is 0.278 e. The van der Waals surface area contributed by atoms with Crippen molar-refractivity contribution >= 4 is 23.1 Å².